The molecular weight excluding hydrogens is 221 g/mol. The lowest BCUT2D eigenvalue weighted by Crippen LogP contribution is -2.06. The van der Waals surface area contributed by atoms with Crippen LogP contribution in [0.2, 0.25) is 0 Å². The van der Waals surface area contributed by atoms with Crippen molar-refractivity contribution >= 4 is 0 Å². The van der Waals surface area contributed by atoms with E-state index in [0.717, 1.165) is 18.4 Å². The highest BCUT2D eigenvalue weighted by Gasteiger charge is 2.28. The van der Waals surface area contributed by atoms with Crippen molar-refractivity contribution in [1.29, 1.82) is 5.26 Å². The van der Waals surface area contributed by atoms with E-state index < -0.39 is 0 Å². The monoisotopic (exact) mass is 235 g/mol. The Labute approximate surface area is 99.8 Å². The molecule has 0 aliphatic carbocycles. The Balaban J connectivity index is 2.18. The van der Waals surface area contributed by atoms with Crippen molar-refractivity contribution in [2.75, 3.05) is 7.11 Å². The SMILES string of the molecule is COc1ccc(F)cc1C1CCC(CC#N)O1. The van der Waals surface area contributed by atoms with Gasteiger partial charge in [-0.3, -0.25) is 0 Å². The Morgan fingerprint density at radius 2 is 2.35 bits per heavy atom. The van der Waals surface area contributed by atoms with Crippen LogP contribution in [0.4, 0.5) is 4.39 Å². The summed E-state index contributed by atoms with van der Waals surface area (Å²) in [5.74, 6) is 0.335. The Morgan fingerprint density at radius 3 is 3.06 bits per heavy atom. The highest BCUT2D eigenvalue weighted by Crippen LogP contribution is 2.38. The van der Waals surface area contributed by atoms with Gasteiger partial charge >= 0.3 is 0 Å². The van der Waals surface area contributed by atoms with Crippen molar-refractivity contribution in [2.45, 2.75) is 31.5 Å². The van der Waals surface area contributed by atoms with E-state index in [1.807, 2.05) is 0 Å². The minimum Gasteiger partial charge on any atom is -0.496 e. The van der Waals surface area contributed by atoms with E-state index in [1.165, 1.54) is 12.1 Å². The minimum absolute atomic E-state index is 0.0435. The number of rotatable bonds is 3. The molecule has 1 heterocycles. The summed E-state index contributed by atoms with van der Waals surface area (Å²) in [4.78, 5) is 0. The molecule has 0 aromatic heterocycles. The predicted molar refractivity (Wildman–Crippen MR) is 60.0 cm³/mol. The van der Waals surface area contributed by atoms with Crippen molar-refractivity contribution in [3.05, 3.63) is 29.6 Å². The van der Waals surface area contributed by atoms with E-state index in [-0.39, 0.29) is 18.0 Å². The van der Waals surface area contributed by atoms with E-state index in [0.29, 0.717) is 12.2 Å². The molecule has 4 heteroatoms. The van der Waals surface area contributed by atoms with Crippen LogP contribution in [0.25, 0.3) is 0 Å². The van der Waals surface area contributed by atoms with Crippen molar-refractivity contribution in [3.63, 3.8) is 0 Å². The van der Waals surface area contributed by atoms with Crippen LogP contribution in [0.15, 0.2) is 18.2 Å². The van der Waals surface area contributed by atoms with Crippen LogP contribution < -0.4 is 4.74 Å². The Morgan fingerprint density at radius 1 is 1.53 bits per heavy atom. The zero-order chi connectivity index (χ0) is 12.3. The van der Waals surface area contributed by atoms with Crippen molar-refractivity contribution < 1.29 is 13.9 Å². The molecule has 3 nitrogen and oxygen atoms in total. The first kappa shape index (κ1) is 11.9. The lowest BCUT2D eigenvalue weighted by Gasteiger charge is -2.15. The average Bonchev–Trinajstić information content (AvgIpc) is 2.78. The molecule has 2 atom stereocenters. The van der Waals surface area contributed by atoms with Gasteiger partial charge in [-0.1, -0.05) is 0 Å². The minimum atomic E-state index is -0.298. The molecule has 1 saturated heterocycles. The van der Waals surface area contributed by atoms with Crippen molar-refractivity contribution in [2.24, 2.45) is 0 Å². The number of nitriles is 1. The normalized spacial score (nSPS) is 23.4. The molecule has 0 bridgehead atoms. The van der Waals surface area contributed by atoms with Gasteiger partial charge in [0.05, 0.1) is 31.8 Å². The summed E-state index contributed by atoms with van der Waals surface area (Å²) in [6, 6.07) is 6.50. The third kappa shape index (κ3) is 2.56. The molecule has 0 N–H and O–H groups in total. The van der Waals surface area contributed by atoms with Gasteiger partial charge in [0.1, 0.15) is 11.6 Å². The summed E-state index contributed by atoms with van der Waals surface area (Å²) in [5, 5.41) is 8.61. The van der Waals surface area contributed by atoms with Crippen LogP contribution in [0, 0.1) is 17.1 Å². The summed E-state index contributed by atoms with van der Waals surface area (Å²) >= 11 is 0. The third-order valence-corrected chi connectivity index (χ3v) is 2.97. The van der Waals surface area contributed by atoms with Gasteiger partial charge in [0.25, 0.3) is 0 Å². The van der Waals surface area contributed by atoms with Crippen molar-refractivity contribution in [3.8, 4) is 11.8 Å². The van der Waals surface area contributed by atoms with E-state index in [1.54, 1.807) is 13.2 Å². The first-order valence-electron chi connectivity index (χ1n) is 5.60. The number of halogens is 1. The van der Waals surface area contributed by atoms with Gasteiger partial charge in [-0.25, -0.2) is 4.39 Å². The highest BCUT2D eigenvalue weighted by molar-refractivity contribution is 5.36. The number of hydrogen-bond acceptors (Lipinski definition) is 3. The van der Waals surface area contributed by atoms with Gasteiger partial charge < -0.3 is 9.47 Å². The van der Waals surface area contributed by atoms with Crippen molar-refractivity contribution in [1.82, 2.24) is 0 Å². The fourth-order valence-corrected chi connectivity index (χ4v) is 2.14. The zero-order valence-corrected chi connectivity index (χ0v) is 9.65. The van der Waals surface area contributed by atoms with Crippen LogP contribution in [-0.4, -0.2) is 13.2 Å². The number of hydrogen-bond donors (Lipinski definition) is 0. The molecule has 1 aliphatic rings. The third-order valence-electron chi connectivity index (χ3n) is 2.97. The first-order chi connectivity index (χ1) is 8.24. The summed E-state index contributed by atoms with van der Waals surface area (Å²) in [6.07, 6.45) is 1.80. The van der Waals surface area contributed by atoms with E-state index in [4.69, 9.17) is 14.7 Å². The molecule has 0 spiro atoms. The summed E-state index contributed by atoms with van der Waals surface area (Å²) in [7, 11) is 1.55. The average molecular weight is 235 g/mol. The van der Waals surface area contributed by atoms with Gasteiger partial charge in [0, 0.05) is 5.56 Å². The highest BCUT2D eigenvalue weighted by atomic mass is 19.1. The second-order valence-electron chi connectivity index (χ2n) is 4.07. The quantitative estimate of drug-likeness (QED) is 0.808. The van der Waals surface area contributed by atoms with Gasteiger partial charge in [-0.05, 0) is 31.0 Å². The van der Waals surface area contributed by atoms with Crippen LogP contribution in [0.5, 0.6) is 5.75 Å². The molecule has 0 radical (unpaired) electrons. The topological polar surface area (TPSA) is 42.2 Å². The maximum Gasteiger partial charge on any atom is 0.124 e. The standard InChI is InChI=1S/C13H14FNO2/c1-16-12-4-2-9(14)8-11(12)13-5-3-10(17-13)6-7-15/h2,4,8,10,13H,3,5-6H2,1H3. The first-order valence-corrected chi connectivity index (χ1v) is 5.60. The second kappa shape index (κ2) is 5.15. The fraction of sp³-hybridized carbons (Fsp3) is 0.462. The lowest BCUT2D eigenvalue weighted by atomic mass is 10.0. The largest absolute Gasteiger partial charge is 0.496 e. The van der Waals surface area contributed by atoms with E-state index in [2.05, 4.69) is 6.07 Å². The molecule has 1 fully saturated rings. The maximum absolute atomic E-state index is 13.2. The summed E-state index contributed by atoms with van der Waals surface area (Å²) in [5.41, 5.74) is 0.730. The molecule has 2 rings (SSSR count). The number of nitrogens with zero attached hydrogens (tertiary/aromatic N) is 1. The van der Waals surface area contributed by atoms with Gasteiger partial charge in [0.15, 0.2) is 0 Å². The molecule has 90 valence electrons. The van der Waals surface area contributed by atoms with Crippen LogP contribution in [0.3, 0.4) is 0 Å². The molecule has 17 heavy (non-hydrogen) atoms. The lowest BCUT2D eigenvalue weighted by molar-refractivity contribution is 0.0460. The Kier molecular flexibility index (Phi) is 3.60. The summed E-state index contributed by atoms with van der Waals surface area (Å²) in [6.45, 7) is 0. The Hall–Kier alpha value is -1.60. The smallest absolute Gasteiger partial charge is 0.124 e. The van der Waals surface area contributed by atoms with Crippen LogP contribution >= 0.6 is 0 Å². The van der Waals surface area contributed by atoms with E-state index in [9.17, 15) is 4.39 Å². The molecule has 1 aromatic rings. The van der Waals surface area contributed by atoms with Crippen LogP contribution in [-0.2, 0) is 4.74 Å². The molecule has 1 aromatic carbocycles. The molecule has 0 amide bonds. The van der Waals surface area contributed by atoms with Crippen LogP contribution in [0.1, 0.15) is 30.9 Å². The summed E-state index contributed by atoms with van der Waals surface area (Å²) < 4.78 is 24.1. The van der Waals surface area contributed by atoms with Gasteiger partial charge in [-0.15, -0.1) is 0 Å². The predicted octanol–water partition coefficient (Wildman–Crippen LogP) is 2.97. The Bertz CT molecular complexity index is 442. The molecule has 1 aliphatic heterocycles. The molecule has 2 unspecified atom stereocenters. The fourth-order valence-electron chi connectivity index (χ4n) is 2.14. The van der Waals surface area contributed by atoms with Gasteiger partial charge in [-0.2, -0.15) is 5.26 Å². The van der Waals surface area contributed by atoms with E-state index >= 15 is 0 Å². The number of methoxy groups -OCH3 is 1. The maximum atomic E-state index is 13.2. The molecular formula is C13H14FNO2. The number of benzene rings is 1. The zero-order valence-electron chi connectivity index (χ0n) is 9.65. The number of ether oxygens (including phenoxy) is 2. The van der Waals surface area contributed by atoms with Gasteiger partial charge in [0.2, 0.25) is 0 Å². The second-order valence-corrected chi connectivity index (χ2v) is 4.07. The molecule has 0 saturated carbocycles.